The van der Waals surface area contributed by atoms with Crippen LogP contribution >= 0.6 is 0 Å². The number of carbonyl (C=O) groups is 1. The summed E-state index contributed by atoms with van der Waals surface area (Å²) < 4.78 is 10.7. The highest BCUT2D eigenvalue weighted by atomic mass is 16.5. The van der Waals surface area contributed by atoms with Gasteiger partial charge in [0, 0.05) is 16.9 Å². The number of methoxy groups -OCH3 is 2. The number of fused-ring (bicyclic) bond motifs is 1. The number of hydrogen-bond donors (Lipinski definition) is 0. The first kappa shape index (κ1) is 18.6. The van der Waals surface area contributed by atoms with Gasteiger partial charge < -0.3 is 9.47 Å². The van der Waals surface area contributed by atoms with Crippen LogP contribution in [0.25, 0.3) is 10.8 Å². The molecule has 0 fully saturated rings. The highest BCUT2D eigenvalue weighted by Crippen LogP contribution is 2.33. The van der Waals surface area contributed by atoms with E-state index in [1.54, 1.807) is 37.3 Å². The van der Waals surface area contributed by atoms with Crippen LogP contribution in [0.2, 0.25) is 0 Å². The Morgan fingerprint density at radius 1 is 0.655 bits per heavy atom. The summed E-state index contributed by atoms with van der Waals surface area (Å²) in [5, 5.41) is 2.20. The molecule has 0 aliphatic rings. The first-order chi connectivity index (χ1) is 14.2. The van der Waals surface area contributed by atoms with Crippen LogP contribution in [0.4, 0.5) is 11.4 Å². The Hall–Kier alpha value is -3.79. The van der Waals surface area contributed by atoms with E-state index in [0.29, 0.717) is 17.1 Å². The summed E-state index contributed by atoms with van der Waals surface area (Å²) in [6.07, 6.45) is 0. The van der Waals surface area contributed by atoms with E-state index in [0.717, 1.165) is 22.1 Å². The third-order valence-corrected chi connectivity index (χ3v) is 4.84. The topological polar surface area (TPSA) is 38.8 Å². The van der Waals surface area contributed by atoms with Gasteiger partial charge >= 0.3 is 0 Å². The number of nitrogens with zero attached hydrogens (tertiary/aromatic N) is 1. The predicted molar refractivity (Wildman–Crippen MR) is 116 cm³/mol. The summed E-state index contributed by atoms with van der Waals surface area (Å²) in [5.74, 6) is 0.957. The number of ether oxygens (including phenoxy) is 2. The van der Waals surface area contributed by atoms with Crippen molar-refractivity contribution in [3.8, 4) is 11.5 Å². The molecule has 4 nitrogen and oxygen atoms in total. The van der Waals surface area contributed by atoms with Gasteiger partial charge in [0.1, 0.15) is 0 Å². The van der Waals surface area contributed by atoms with E-state index >= 15 is 0 Å². The van der Waals surface area contributed by atoms with Crippen molar-refractivity contribution in [1.82, 2.24) is 0 Å². The highest BCUT2D eigenvalue weighted by molar-refractivity contribution is 6.12. The van der Waals surface area contributed by atoms with Crippen molar-refractivity contribution in [3.05, 3.63) is 96.6 Å². The number of anilines is 2. The van der Waals surface area contributed by atoms with Crippen LogP contribution in [-0.4, -0.2) is 20.1 Å². The fraction of sp³-hybridized carbons (Fsp3) is 0.0800. The lowest BCUT2D eigenvalue weighted by Crippen LogP contribution is -2.26. The molecule has 4 rings (SSSR count). The van der Waals surface area contributed by atoms with E-state index in [9.17, 15) is 4.79 Å². The van der Waals surface area contributed by atoms with Crippen LogP contribution in [-0.2, 0) is 0 Å². The van der Waals surface area contributed by atoms with E-state index in [2.05, 4.69) is 6.07 Å². The number of rotatable bonds is 5. The number of hydrogen-bond acceptors (Lipinski definition) is 3. The zero-order valence-corrected chi connectivity index (χ0v) is 16.3. The summed E-state index contributed by atoms with van der Waals surface area (Å²) in [4.78, 5) is 15.3. The molecule has 0 heterocycles. The number of amides is 1. The molecule has 4 aromatic carbocycles. The Bertz CT molecular complexity index is 1160. The average molecular weight is 383 g/mol. The number of para-hydroxylation sites is 1. The Labute approximate surface area is 169 Å². The van der Waals surface area contributed by atoms with Gasteiger partial charge in [0.2, 0.25) is 0 Å². The van der Waals surface area contributed by atoms with E-state index in [-0.39, 0.29) is 5.91 Å². The van der Waals surface area contributed by atoms with Crippen LogP contribution in [0.3, 0.4) is 0 Å². The predicted octanol–water partition coefficient (Wildman–Crippen LogP) is 5.84. The van der Waals surface area contributed by atoms with Crippen LogP contribution < -0.4 is 14.4 Å². The Balaban J connectivity index is 1.83. The van der Waals surface area contributed by atoms with Crippen LogP contribution in [0.15, 0.2) is 91.0 Å². The molecule has 0 saturated heterocycles. The molecule has 29 heavy (non-hydrogen) atoms. The maximum Gasteiger partial charge on any atom is 0.262 e. The molecule has 0 aliphatic carbocycles. The SMILES string of the molecule is COc1ccc(C(=O)N(c2ccccc2)c2ccc3ccccc3c2)cc1OC. The van der Waals surface area contributed by atoms with E-state index in [1.165, 1.54) is 0 Å². The van der Waals surface area contributed by atoms with Crippen molar-refractivity contribution in [3.63, 3.8) is 0 Å². The quantitative estimate of drug-likeness (QED) is 0.435. The molecule has 144 valence electrons. The molecular weight excluding hydrogens is 362 g/mol. The lowest BCUT2D eigenvalue weighted by Gasteiger charge is -2.24. The molecule has 0 aromatic heterocycles. The van der Waals surface area contributed by atoms with Crippen LogP contribution in [0.5, 0.6) is 11.5 Å². The first-order valence-electron chi connectivity index (χ1n) is 9.31. The second-order valence-electron chi connectivity index (χ2n) is 6.58. The Kier molecular flexibility index (Phi) is 5.16. The molecule has 0 spiro atoms. The maximum absolute atomic E-state index is 13.6. The minimum Gasteiger partial charge on any atom is -0.493 e. The molecular formula is C25H21NO3. The van der Waals surface area contributed by atoms with Gasteiger partial charge in [-0.05, 0) is 53.2 Å². The third kappa shape index (κ3) is 3.65. The lowest BCUT2D eigenvalue weighted by atomic mass is 10.1. The molecule has 0 saturated carbocycles. The first-order valence-corrected chi connectivity index (χ1v) is 9.31. The summed E-state index contributed by atoms with van der Waals surface area (Å²) in [6, 6.07) is 29.0. The second-order valence-corrected chi connectivity index (χ2v) is 6.58. The van der Waals surface area contributed by atoms with Crippen molar-refractivity contribution in [2.24, 2.45) is 0 Å². The minimum absolute atomic E-state index is 0.146. The standard InChI is InChI=1S/C25H21NO3/c1-28-23-15-13-20(17-24(23)29-2)25(27)26(21-10-4-3-5-11-21)22-14-12-18-8-6-7-9-19(18)16-22/h3-17H,1-2H3. The highest BCUT2D eigenvalue weighted by Gasteiger charge is 2.21. The zero-order chi connectivity index (χ0) is 20.2. The summed E-state index contributed by atoms with van der Waals surface area (Å²) in [7, 11) is 3.13. The summed E-state index contributed by atoms with van der Waals surface area (Å²) >= 11 is 0. The van der Waals surface area contributed by atoms with Gasteiger partial charge in [-0.1, -0.05) is 48.5 Å². The molecule has 0 aliphatic heterocycles. The van der Waals surface area contributed by atoms with Gasteiger partial charge in [0.15, 0.2) is 11.5 Å². The zero-order valence-electron chi connectivity index (χ0n) is 16.3. The second kappa shape index (κ2) is 8.07. The Morgan fingerprint density at radius 3 is 2.07 bits per heavy atom. The van der Waals surface area contributed by atoms with Crippen LogP contribution in [0, 0.1) is 0 Å². The molecule has 4 aromatic rings. The van der Waals surface area contributed by atoms with Gasteiger partial charge in [0.05, 0.1) is 14.2 Å². The van der Waals surface area contributed by atoms with Crippen LogP contribution in [0.1, 0.15) is 10.4 Å². The van der Waals surface area contributed by atoms with Crippen molar-refractivity contribution in [1.29, 1.82) is 0 Å². The fourth-order valence-corrected chi connectivity index (χ4v) is 3.37. The average Bonchev–Trinajstić information content (AvgIpc) is 2.79. The number of benzene rings is 4. The van der Waals surface area contributed by atoms with E-state index in [1.807, 2.05) is 66.7 Å². The summed E-state index contributed by atoms with van der Waals surface area (Å²) in [6.45, 7) is 0. The largest absolute Gasteiger partial charge is 0.493 e. The van der Waals surface area contributed by atoms with Gasteiger partial charge in [-0.2, -0.15) is 0 Å². The maximum atomic E-state index is 13.6. The molecule has 1 amide bonds. The van der Waals surface area contributed by atoms with Gasteiger partial charge in [-0.15, -0.1) is 0 Å². The summed E-state index contributed by atoms with van der Waals surface area (Å²) in [5.41, 5.74) is 2.11. The van der Waals surface area contributed by atoms with Crippen molar-refractivity contribution in [2.75, 3.05) is 19.1 Å². The van der Waals surface area contributed by atoms with Crippen molar-refractivity contribution >= 4 is 28.1 Å². The minimum atomic E-state index is -0.146. The Morgan fingerprint density at radius 2 is 1.34 bits per heavy atom. The van der Waals surface area contributed by atoms with E-state index in [4.69, 9.17) is 9.47 Å². The monoisotopic (exact) mass is 383 g/mol. The number of carbonyl (C=O) groups excluding carboxylic acids is 1. The lowest BCUT2D eigenvalue weighted by molar-refractivity contribution is 0.0999. The molecule has 0 radical (unpaired) electrons. The molecule has 0 N–H and O–H groups in total. The molecule has 0 unspecified atom stereocenters. The van der Waals surface area contributed by atoms with Gasteiger partial charge in [-0.25, -0.2) is 0 Å². The van der Waals surface area contributed by atoms with E-state index < -0.39 is 0 Å². The fourth-order valence-electron chi connectivity index (χ4n) is 3.37. The third-order valence-electron chi connectivity index (χ3n) is 4.84. The molecule has 0 atom stereocenters. The van der Waals surface area contributed by atoms with Gasteiger partial charge in [0.25, 0.3) is 5.91 Å². The smallest absolute Gasteiger partial charge is 0.262 e. The van der Waals surface area contributed by atoms with Gasteiger partial charge in [-0.3, -0.25) is 9.69 Å². The van der Waals surface area contributed by atoms with Crippen molar-refractivity contribution < 1.29 is 14.3 Å². The molecule has 0 bridgehead atoms. The normalized spacial score (nSPS) is 10.6. The molecule has 4 heteroatoms. The van der Waals surface area contributed by atoms with Crippen molar-refractivity contribution in [2.45, 2.75) is 0 Å².